The third-order valence-electron chi connectivity index (χ3n) is 3.11. The van der Waals surface area contributed by atoms with Crippen molar-refractivity contribution in [2.75, 3.05) is 0 Å². The molecule has 0 aliphatic heterocycles. The number of benzene rings is 2. The van der Waals surface area contributed by atoms with Crippen LogP contribution in [0.15, 0.2) is 48.5 Å². The first-order chi connectivity index (χ1) is 9.74. The van der Waals surface area contributed by atoms with Crippen molar-refractivity contribution in [1.82, 2.24) is 20.2 Å². The predicted octanol–water partition coefficient (Wildman–Crippen LogP) is 3.35. The summed E-state index contributed by atoms with van der Waals surface area (Å²) in [5.41, 5.74) is 3.10. The van der Waals surface area contributed by atoms with Crippen LogP contribution in [-0.2, 0) is 6.54 Å². The van der Waals surface area contributed by atoms with Gasteiger partial charge < -0.3 is 0 Å². The Morgan fingerprint density at radius 3 is 2.60 bits per heavy atom. The van der Waals surface area contributed by atoms with E-state index in [1.165, 1.54) is 0 Å². The van der Waals surface area contributed by atoms with Crippen molar-refractivity contribution in [2.45, 2.75) is 13.5 Å². The molecule has 0 amide bonds. The molecular weight excluding hydrogens is 272 g/mol. The first-order valence-corrected chi connectivity index (χ1v) is 6.69. The third kappa shape index (κ3) is 2.56. The zero-order valence-electron chi connectivity index (χ0n) is 11.0. The number of tetrazole rings is 1. The second kappa shape index (κ2) is 5.43. The maximum atomic E-state index is 6.13. The van der Waals surface area contributed by atoms with Crippen molar-refractivity contribution in [3.8, 4) is 11.4 Å². The van der Waals surface area contributed by atoms with Crippen LogP contribution in [0.3, 0.4) is 0 Å². The number of aryl methyl sites for hydroxylation is 1. The summed E-state index contributed by atoms with van der Waals surface area (Å²) < 4.78 is 0. The van der Waals surface area contributed by atoms with Crippen LogP contribution in [0.2, 0.25) is 5.02 Å². The Labute approximate surface area is 122 Å². The molecule has 100 valence electrons. The molecule has 3 rings (SSSR count). The Hall–Kier alpha value is -2.20. The molecule has 0 saturated heterocycles. The van der Waals surface area contributed by atoms with Crippen molar-refractivity contribution in [2.24, 2.45) is 0 Å². The van der Waals surface area contributed by atoms with Gasteiger partial charge in [-0.2, -0.15) is 4.80 Å². The van der Waals surface area contributed by atoms with Gasteiger partial charge in [0.1, 0.15) is 0 Å². The van der Waals surface area contributed by atoms with E-state index in [9.17, 15) is 0 Å². The van der Waals surface area contributed by atoms with Crippen molar-refractivity contribution in [3.63, 3.8) is 0 Å². The minimum absolute atomic E-state index is 0.512. The monoisotopic (exact) mass is 284 g/mol. The molecule has 1 aromatic heterocycles. The van der Waals surface area contributed by atoms with Crippen molar-refractivity contribution in [1.29, 1.82) is 0 Å². The quantitative estimate of drug-likeness (QED) is 0.741. The van der Waals surface area contributed by atoms with Gasteiger partial charge in [-0.3, -0.25) is 0 Å². The summed E-state index contributed by atoms with van der Waals surface area (Å²) in [5, 5.41) is 13.3. The van der Waals surface area contributed by atoms with E-state index in [0.717, 1.165) is 16.7 Å². The fourth-order valence-electron chi connectivity index (χ4n) is 2.02. The number of halogens is 1. The lowest BCUT2D eigenvalue weighted by atomic mass is 10.1. The van der Waals surface area contributed by atoms with Gasteiger partial charge in [0.05, 0.1) is 6.54 Å². The van der Waals surface area contributed by atoms with Gasteiger partial charge in [0.25, 0.3) is 0 Å². The normalized spacial score (nSPS) is 10.7. The molecule has 0 fully saturated rings. The average molecular weight is 285 g/mol. The molecular formula is C15H13ClN4. The van der Waals surface area contributed by atoms with E-state index in [2.05, 4.69) is 15.4 Å². The van der Waals surface area contributed by atoms with Crippen LogP contribution >= 0.6 is 11.6 Å². The number of hydrogen-bond donors (Lipinski definition) is 0. The molecule has 1 heterocycles. The topological polar surface area (TPSA) is 43.6 Å². The molecule has 0 aliphatic rings. The van der Waals surface area contributed by atoms with E-state index in [-0.39, 0.29) is 0 Å². The van der Waals surface area contributed by atoms with Crippen molar-refractivity contribution >= 4 is 11.6 Å². The minimum Gasteiger partial charge on any atom is -0.159 e. The Bertz CT molecular complexity index is 736. The molecule has 3 aromatic rings. The molecule has 0 aliphatic carbocycles. The van der Waals surface area contributed by atoms with E-state index >= 15 is 0 Å². The average Bonchev–Trinajstić information content (AvgIpc) is 2.90. The number of aromatic nitrogens is 4. The van der Waals surface area contributed by atoms with Crippen LogP contribution < -0.4 is 0 Å². The number of nitrogens with zero attached hydrogens (tertiary/aromatic N) is 4. The summed E-state index contributed by atoms with van der Waals surface area (Å²) in [6.07, 6.45) is 0. The first-order valence-electron chi connectivity index (χ1n) is 6.31. The fourth-order valence-corrected chi connectivity index (χ4v) is 2.22. The summed E-state index contributed by atoms with van der Waals surface area (Å²) in [4.78, 5) is 1.56. The molecule has 0 radical (unpaired) electrons. The van der Waals surface area contributed by atoms with Gasteiger partial charge in [0.2, 0.25) is 5.82 Å². The van der Waals surface area contributed by atoms with E-state index < -0.39 is 0 Å². The maximum absolute atomic E-state index is 6.13. The van der Waals surface area contributed by atoms with Crippen LogP contribution in [0.5, 0.6) is 0 Å². The first kappa shape index (κ1) is 12.8. The number of rotatable bonds is 3. The summed E-state index contributed by atoms with van der Waals surface area (Å²) in [7, 11) is 0. The fraction of sp³-hybridized carbons (Fsp3) is 0.133. The minimum atomic E-state index is 0.512. The molecule has 0 bridgehead atoms. The van der Waals surface area contributed by atoms with Crippen molar-refractivity contribution in [3.05, 3.63) is 64.7 Å². The van der Waals surface area contributed by atoms with Crippen molar-refractivity contribution < 1.29 is 0 Å². The van der Waals surface area contributed by atoms with Gasteiger partial charge in [-0.15, -0.1) is 10.2 Å². The predicted molar refractivity (Wildman–Crippen MR) is 78.5 cm³/mol. The third-order valence-corrected chi connectivity index (χ3v) is 3.48. The highest BCUT2D eigenvalue weighted by Crippen LogP contribution is 2.19. The van der Waals surface area contributed by atoms with Gasteiger partial charge in [-0.1, -0.05) is 54.1 Å². The lowest BCUT2D eigenvalue weighted by molar-refractivity contribution is 0.573. The smallest absolute Gasteiger partial charge is 0.159 e. The molecule has 0 N–H and O–H groups in total. The molecule has 4 nitrogen and oxygen atoms in total. The van der Waals surface area contributed by atoms with Gasteiger partial charge in [0, 0.05) is 10.6 Å². The van der Waals surface area contributed by atoms with Crippen LogP contribution in [-0.4, -0.2) is 20.2 Å². The maximum Gasteiger partial charge on any atom is 0.205 e. The zero-order chi connectivity index (χ0) is 13.9. The summed E-state index contributed by atoms with van der Waals surface area (Å²) in [6.45, 7) is 2.54. The van der Waals surface area contributed by atoms with E-state index in [0.29, 0.717) is 17.4 Å². The van der Waals surface area contributed by atoms with Gasteiger partial charge in [-0.05, 0) is 29.3 Å². The van der Waals surface area contributed by atoms with Crippen LogP contribution in [0.4, 0.5) is 0 Å². The molecule has 0 saturated carbocycles. The summed E-state index contributed by atoms with van der Waals surface area (Å²) in [6, 6.07) is 15.6. The van der Waals surface area contributed by atoms with Gasteiger partial charge in [0.15, 0.2) is 0 Å². The Balaban J connectivity index is 1.88. The standard InChI is InChI=1S/C15H13ClN4/c1-11-6-2-4-8-13(11)15-17-19-20(18-15)10-12-7-3-5-9-14(12)16/h2-9H,10H2,1H3. The number of hydrogen-bond acceptors (Lipinski definition) is 3. The highest BCUT2D eigenvalue weighted by atomic mass is 35.5. The van der Waals surface area contributed by atoms with Crippen LogP contribution in [0.1, 0.15) is 11.1 Å². The van der Waals surface area contributed by atoms with Gasteiger partial charge in [-0.25, -0.2) is 0 Å². The molecule has 5 heteroatoms. The van der Waals surface area contributed by atoms with E-state index in [1.807, 2.05) is 55.5 Å². The Morgan fingerprint density at radius 2 is 1.80 bits per heavy atom. The second-order valence-corrected chi connectivity index (χ2v) is 4.96. The zero-order valence-corrected chi connectivity index (χ0v) is 11.7. The molecule has 20 heavy (non-hydrogen) atoms. The molecule has 0 unspecified atom stereocenters. The molecule has 2 aromatic carbocycles. The lowest BCUT2D eigenvalue weighted by Crippen LogP contribution is -2.04. The lowest BCUT2D eigenvalue weighted by Gasteiger charge is -2.02. The molecule has 0 atom stereocenters. The second-order valence-electron chi connectivity index (χ2n) is 4.55. The van der Waals surface area contributed by atoms with Crippen LogP contribution in [0, 0.1) is 6.92 Å². The van der Waals surface area contributed by atoms with E-state index in [4.69, 9.17) is 11.6 Å². The Morgan fingerprint density at radius 1 is 1.05 bits per heavy atom. The summed E-state index contributed by atoms with van der Waals surface area (Å²) in [5.74, 6) is 0.634. The largest absolute Gasteiger partial charge is 0.205 e. The van der Waals surface area contributed by atoms with Gasteiger partial charge >= 0.3 is 0 Å². The van der Waals surface area contributed by atoms with Crippen LogP contribution in [0.25, 0.3) is 11.4 Å². The Kier molecular flexibility index (Phi) is 3.48. The SMILES string of the molecule is Cc1ccccc1-c1nnn(Cc2ccccc2Cl)n1. The summed E-state index contributed by atoms with van der Waals surface area (Å²) >= 11 is 6.13. The molecule has 0 spiro atoms. The highest BCUT2D eigenvalue weighted by molar-refractivity contribution is 6.31. The highest BCUT2D eigenvalue weighted by Gasteiger charge is 2.09. The van der Waals surface area contributed by atoms with E-state index in [1.54, 1.807) is 4.80 Å².